The van der Waals surface area contributed by atoms with E-state index in [-0.39, 0.29) is 0 Å². The molecule has 0 heterocycles. The van der Waals surface area contributed by atoms with Gasteiger partial charge in [-0.2, -0.15) is 0 Å². The molecule has 0 saturated carbocycles. The zero-order chi connectivity index (χ0) is 26.4. The Labute approximate surface area is 231 Å². The van der Waals surface area contributed by atoms with Crippen LogP contribution in [0.15, 0.2) is 158 Å². The van der Waals surface area contributed by atoms with E-state index in [1.807, 2.05) is 0 Å². The van der Waals surface area contributed by atoms with Crippen LogP contribution in [0.25, 0.3) is 11.1 Å². The first-order valence-corrected chi connectivity index (χ1v) is 13.5. The van der Waals surface area contributed by atoms with Crippen LogP contribution in [0.2, 0.25) is 0 Å². The molecule has 1 atom stereocenters. The lowest BCUT2D eigenvalue weighted by molar-refractivity contribution is 0.853. The lowest BCUT2D eigenvalue weighted by Crippen LogP contribution is -2.09. The zero-order valence-corrected chi connectivity index (χ0v) is 22.2. The van der Waals surface area contributed by atoms with Crippen molar-refractivity contribution in [3.63, 3.8) is 0 Å². The van der Waals surface area contributed by atoms with E-state index in [0.717, 1.165) is 23.5 Å². The van der Waals surface area contributed by atoms with Crippen molar-refractivity contribution in [3.05, 3.63) is 163 Å². The topological polar surface area (TPSA) is 6.48 Å². The number of nitrogens with zero attached hydrogens (tertiary/aromatic N) is 2. The average Bonchev–Trinajstić information content (AvgIpc) is 3.03. The second-order valence-corrected chi connectivity index (χ2v) is 9.91. The quantitative estimate of drug-likeness (QED) is 0.217. The second kappa shape index (κ2) is 11.3. The van der Waals surface area contributed by atoms with Gasteiger partial charge in [0.05, 0.1) is 0 Å². The van der Waals surface area contributed by atoms with Crippen molar-refractivity contribution < 1.29 is 0 Å². The fourth-order valence-electron chi connectivity index (χ4n) is 5.20. The average molecular weight is 505 g/mol. The standard InChI is InChI=1S/C37H32N2/c1-38(33-23-17-30(18-24-33)29-11-5-2-6-12-29)34-25-19-31(20-26-34)32-21-27-37(28-22-32)39(35-13-7-3-8-14-35)36-15-9-4-10-16-36/h2-11,13-29H,12H2,1H3. The molecule has 190 valence electrons. The van der Waals surface area contributed by atoms with Crippen LogP contribution in [-0.4, -0.2) is 7.05 Å². The van der Waals surface area contributed by atoms with Gasteiger partial charge in [0.2, 0.25) is 0 Å². The summed E-state index contributed by atoms with van der Waals surface area (Å²) >= 11 is 0. The molecule has 1 aliphatic carbocycles. The Hall–Kier alpha value is -4.82. The highest BCUT2D eigenvalue weighted by molar-refractivity contribution is 5.78. The smallest absolute Gasteiger partial charge is 0.0462 e. The van der Waals surface area contributed by atoms with E-state index in [9.17, 15) is 0 Å². The number of para-hydroxylation sites is 2. The number of hydrogen-bond acceptors (Lipinski definition) is 2. The van der Waals surface area contributed by atoms with E-state index in [1.165, 1.54) is 28.1 Å². The number of allylic oxidation sites excluding steroid dienone is 4. The van der Waals surface area contributed by atoms with E-state index in [2.05, 4.69) is 175 Å². The third-order valence-corrected chi connectivity index (χ3v) is 7.43. The molecule has 0 amide bonds. The number of benzene rings is 5. The van der Waals surface area contributed by atoms with Crippen LogP contribution in [-0.2, 0) is 0 Å². The van der Waals surface area contributed by atoms with Gasteiger partial charge < -0.3 is 9.80 Å². The molecule has 0 spiro atoms. The Kier molecular flexibility index (Phi) is 7.09. The fraction of sp³-hybridized carbons (Fsp3) is 0.0811. The molecule has 0 bridgehead atoms. The molecular formula is C37H32N2. The van der Waals surface area contributed by atoms with Crippen molar-refractivity contribution in [3.8, 4) is 11.1 Å². The molecule has 0 fully saturated rings. The molecule has 5 aromatic carbocycles. The van der Waals surface area contributed by atoms with Gasteiger partial charge in [-0.3, -0.25) is 0 Å². The highest BCUT2D eigenvalue weighted by Gasteiger charge is 2.13. The van der Waals surface area contributed by atoms with E-state index < -0.39 is 0 Å². The maximum absolute atomic E-state index is 2.29. The zero-order valence-electron chi connectivity index (χ0n) is 22.2. The van der Waals surface area contributed by atoms with Crippen LogP contribution in [0.3, 0.4) is 0 Å². The van der Waals surface area contributed by atoms with Crippen molar-refractivity contribution in [2.45, 2.75) is 12.3 Å². The summed E-state index contributed by atoms with van der Waals surface area (Å²) in [6.07, 6.45) is 9.87. The maximum Gasteiger partial charge on any atom is 0.0462 e. The largest absolute Gasteiger partial charge is 0.345 e. The third kappa shape index (κ3) is 5.42. The molecule has 2 heteroatoms. The highest BCUT2D eigenvalue weighted by Crippen LogP contribution is 2.36. The minimum Gasteiger partial charge on any atom is -0.345 e. The van der Waals surface area contributed by atoms with Crippen molar-refractivity contribution in [1.29, 1.82) is 0 Å². The van der Waals surface area contributed by atoms with Gasteiger partial charge in [0.15, 0.2) is 0 Å². The molecule has 0 aliphatic heterocycles. The lowest BCUT2D eigenvalue weighted by atomic mass is 9.92. The van der Waals surface area contributed by atoms with Crippen LogP contribution in [0.4, 0.5) is 28.4 Å². The number of hydrogen-bond donors (Lipinski definition) is 0. The summed E-state index contributed by atoms with van der Waals surface area (Å²) in [7, 11) is 2.13. The van der Waals surface area contributed by atoms with Gasteiger partial charge in [-0.05, 0) is 83.8 Å². The van der Waals surface area contributed by atoms with Gasteiger partial charge in [-0.1, -0.05) is 97.1 Å². The van der Waals surface area contributed by atoms with E-state index in [4.69, 9.17) is 0 Å². The molecule has 0 aromatic heterocycles. The van der Waals surface area contributed by atoms with Gasteiger partial charge in [-0.15, -0.1) is 0 Å². The van der Waals surface area contributed by atoms with Crippen molar-refractivity contribution in [1.82, 2.24) is 0 Å². The Morgan fingerprint density at radius 1 is 0.487 bits per heavy atom. The van der Waals surface area contributed by atoms with Crippen molar-refractivity contribution in [2.75, 3.05) is 16.8 Å². The number of rotatable bonds is 7. The molecule has 0 radical (unpaired) electrons. The second-order valence-electron chi connectivity index (χ2n) is 9.91. The van der Waals surface area contributed by atoms with E-state index in [0.29, 0.717) is 5.92 Å². The maximum atomic E-state index is 2.29. The van der Waals surface area contributed by atoms with Crippen LogP contribution in [0, 0.1) is 0 Å². The highest BCUT2D eigenvalue weighted by atomic mass is 15.1. The van der Waals surface area contributed by atoms with Crippen LogP contribution >= 0.6 is 0 Å². The first-order chi connectivity index (χ1) is 19.3. The van der Waals surface area contributed by atoms with Crippen molar-refractivity contribution in [2.24, 2.45) is 0 Å². The summed E-state index contributed by atoms with van der Waals surface area (Å²) in [6.45, 7) is 0. The van der Waals surface area contributed by atoms with Crippen LogP contribution in [0.5, 0.6) is 0 Å². The van der Waals surface area contributed by atoms with E-state index in [1.54, 1.807) is 0 Å². The fourth-order valence-corrected chi connectivity index (χ4v) is 5.20. The molecule has 1 unspecified atom stereocenters. The molecule has 6 rings (SSSR count). The predicted octanol–water partition coefficient (Wildman–Crippen LogP) is 10.2. The summed E-state index contributed by atoms with van der Waals surface area (Å²) in [4.78, 5) is 4.53. The van der Waals surface area contributed by atoms with Gasteiger partial charge in [-0.25, -0.2) is 0 Å². The molecule has 1 aliphatic rings. The number of anilines is 5. The van der Waals surface area contributed by atoms with Gasteiger partial charge in [0.1, 0.15) is 0 Å². The third-order valence-electron chi connectivity index (χ3n) is 7.43. The summed E-state index contributed by atoms with van der Waals surface area (Å²) in [5.41, 5.74) is 9.55. The summed E-state index contributed by atoms with van der Waals surface area (Å²) in [5.74, 6) is 0.479. The molecule has 0 saturated heterocycles. The lowest BCUT2D eigenvalue weighted by Gasteiger charge is -2.25. The molecule has 2 nitrogen and oxygen atoms in total. The Bertz CT molecular complexity index is 1510. The van der Waals surface area contributed by atoms with Crippen LogP contribution in [0.1, 0.15) is 17.9 Å². The Morgan fingerprint density at radius 3 is 1.44 bits per heavy atom. The van der Waals surface area contributed by atoms with Gasteiger partial charge >= 0.3 is 0 Å². The van der Waals surface area contributed by atoms with Gasteiger partial charge in [0, 0.05) is 41.4 Å². The first kappa shape index (κ1) is 24.5. The van der Waals surface area contributed by atoms with Crippen molar-refractivity contribution >= 4 is 28.4 Å². The summed E-state index contributed by atoms with van der Waals surface area (Å²) < 4.78 is 0. The summed E-state index contributed by atoms with van der Waals surface area (Å²) in [5, 5.41) is 0. The normalized spacial score (nSPS) is 14.2. The first-order valence-electron chi connectivity index (χ1n) is 13.5. The molecule has 5 aromatic rings. The molecule has 39 heavy (non-hydrogen) atoms. The van der Waals surface area contributed by atoms with Crippen LogP contribution < -0.4 is 9.80 Å². The monoisotopic (exact) mass is 504 g/mol. The Balaban J connectivity index is 1.19. The van der Waals surface area contributed by atoms with Gasteiger partial charge in [0.25, 0.3) is 0 Å². The molecular weight excluding hydrogens is 472 g/mol. The summed E-state index contributed by atoms with van der Waals surface area (Å²) in [6, 6.07) is 47.6. The SMILES string of the molecule is CN(c1ccc(-c2ccc(N(c3ccccc3)c3ccccc3)cc2)cc1)c1ccc(C2C=CC=CC2)cc1. The minimum absolute atomic E-state index is 0.479. The minimum atomic E-state index is 0.479. The van der Waals surface area contributed by atoms with E-state index >= 15 is 0 Å². The Morgan fingerprint density at radius 2 is 0.949 bits per heavy atom. The predicted molar refractivity (Wildman–Crippen MR) is 167 cm³/mol. The molecule has 0 N–H and O–H groups in total.